The molecule has 0 bridgehead atoms. The predicted molar refractivity (Wildman–Crippen MR) is 112 cm³/mol. The number of ether oxygens (including phenoxy) is 1. The van der Waals surface area contributed by atoms with Gasteiger partial charge in [0.2, 0.25) is 5.91 Å². The molecule has 166 valence electrons. The van der Waals surface area contributed by atoms with Crippen molar-refractivity contribution in [1.29, 1.82) is 0 Å². The second-order valence-corrected chi connectivity index (χ2v) is 6.91. The number of hydrogen-bond acceptors (Lipinski definition) is 3. The Bertz CT molecular complexity index is 1210. The van der Waals surface area contributed by atoms with Crippen LogP contribution in [0.4, 0.5) is 18.9 Å². The van der Waals surface area contributed by atoms with Crippen molar-refractivity contribution in [2.45, 2.75) is 25.7 Å². The first kappa shape index (κ1) is 22.7. The third-order valence-corrected chi connectivity index (χ3v) is 4.59. The lowest BCUT2D eigenvalue weighted by molar-refractivity contribution is -0.274. The fraction of sp³-hybridized carbons (Fsp3) is 0.217. The van der Waals surface area contributed by atoms with Gasteiger partial charge in [-0.15, -0.1) is 13.2 Å². The Balaban J connectivity index is 1.62. The molecule has 1 N–H and O–H groups in total. The Labute approximate surface area is 181 Å². The summed E-state index contributed by atoms with van der Waals surface area (Å²) in [6, 6.07) is 12.4. The third kappa shape index (κ3) is 6.04. The van der Waals surface area contributed by atoms with Crippen molar-refractivity contribution in [3.63, 3.8) is 0 Å². The Morgan fingerprint density at radius 3 is 2.66 bits per heavy atom. The van der Waals surface area contributed by atoms with Gasteiger partial charge in [0.25, 0.3) is 0 Å². The zero-order valence-corrected chi connectivity index (χ0v) is 17.0. The zero-order valence-electron chi connectivity index (χ0n) is 17.0. The van der Waals surface area contributed by atoms with Gasteiger partial charge in [-0.3, -0.25) is 9.59 Å². The van der Waals surface area contributed by atoms with Crippen LogP contribution in [-0.2, 0) is 16.1 Å². The van der Waals surface area contributed by atoms with E-state index in [0.717, 1.165) is 5.39 Å². The Kier molecular flexibility index (Phi) is 6.73. The maximum atomic E-state index is 12.5. The summed E-state index contributed by atoms with van der Waals surface area (Å²) in [5, 5.41) is 9.88. The quantitative estimate of drug-likeness (QED) is 0.572. The van der Waals surface area contributed by atoms with Crippen LogP contribution in [-0.4, -0.2) is 35.0 Å². The number of benzene rings is 2. The van der Waals surface area contributed by atoms with E-state index in [2.05, 4.69) is 16.6 Å². The highest BCUT2D eigenvalue weighted by Gasteiger charge is 2.31. The summed E-state index contributed by atoms with van der Waals surface area (Å²) in [5.41, 5.74) is 1.65. The molecule has 0 aliphatic carbocycles. The Morgan fingerprint density at radius 2 is 1.94 bits per heavy atom. The monoisotopic (exact) mass is 444 g/mol. The zero-order chi connectivity index (χ0) is 23.3. The molecule has 0 fully saturated rings. The van der Waals surface area contributed by atoms with Gasteiger partial charge >= 0.3 is 12.3 Å². The maximum Gasteiger partial charge on any atom is 0.573 e. The average molecular weight is 444 g/mol. The van der Waals surface area contributed by atoms with Crippen molar-refractivity contribution in [3.05, 3.63) is 60.3 Å². The van der Waals surface area contributed by atoms with Crippen molar-refractivity contribution in [1.82, 2.24) is 4.57 Å². The first-order valence-electron chi connectivity index (χ1n) is 9.54. The summed E-state index contributed by atoms with van der Waals surface area (Å²) >= 11 is 0. The van der Waals surface area contributed by atoms with Crippen LogP contribution in [0, 0.1) is 11.8 Å². The number of carbonyl (C=O) groups is 2. The number of carbonyl (C=O) groups excluding carboxylic acids is 1. The normalized spacial score (nSPS) is 11.0. The van der Waals surface area contributed by atoms with E-state index in [1.807, 2.05) is 6.07 Å². The largest absolute Gasteiger partial charge is 0.573 e. The highest BCUT2D eigenvalue weighted by molar-refractivity contribution is 5.95. The lowest BCUT2D eigenvalue weighted by Crippen LogP contribution is -2.25. The minimum Gasteiger partial charge on any atom is -0.480 e. The molecule has 0 saturated heterocycles. The molecular weight excluding hydrogens is 425 g/mol. The third-order valence-electron chi connectivity index (χ3n) is 4.59. The molecule has 32 heavy (non-hydrogen) atoms. The molecule has 0 spiro atoms. The smallest absolute Gasteiger partial charge is 0.480 e. The number of alkyl halides is 3. The van der Waals surface area contributed by atoms with Crippen LogP contribution in [0.25, 0.3) is 10.9 Å². The van der Waals surface area contributed by atoms with Gasteiger partial charge in [0.15, 0.2) is 0 Å². The van der Waals surface area contributed by atoms with Crippen molar-refractivity contribution >= 4 is 28.5 Å². The number of amides is 1. The summed E-state index contributed by atoms with van der Waals surface area (Å²) in [6.45, 7) is -0.185. The molecule has 0 aliphatic rings. The van der Waals surface area contributed by atoms with Crippen LogP contribution in [0.15, 0.2) is 54.7 Å². The minimum absolute atomic E-state index is 0.108. The lowest BCUT2D eigenvalue weighted by Gasteiger charge is -2.17. The summed E-state index contributed by atoms with van der Waals surface area (Å²) in [5.74, 6) is 3.98. The summed E-state index contributed by atoms with van der Waals surface area (Å²) in [6.07, 6.45) is -2.78. The van der Waals surface area contributed by atoms with Crippen LogP contribution in [0.1, 0.15) is 18.4 Å². The van der Waals surface area contributed by atoms with E-state index >= 15 is 0 Å². The first-order chi connectivity index (χ1) is 15.1. The van der Waals surface area contributed by atoms with Crippen molar-refractivity contribution in [2.24, 2.45) is 0 Å². The van der Waals surface area contributed by atoms with E-state index in [9.17, 15) is 22.8 Å². The molecule has 3 rings (SSSR count). The van der Waals surface area contributed by atoms with Gasteiger partial charge in [0, 0.05) is 37.3 Å². The number of aliphatic carboxylic acids is 1. The van der Waals surface area contributed by atoms with Gasteiger partial charge in [-0.05, 0) is 41.8 Å². The number of fused-ring (bicyclic) bond motifs is 1. The van der Waals surface area contributed by atoms with E-state index in [1.54, 1.807) is 42.1 Å². The fourth-order valence-electron chi connectivity index (χ4n) is 3.08. The highest BCUT2D eigenvalue weighted by atomic mass is 19.4. The van der Waals surface area contributed by atoms with Crippen LogP contribution >= 0.6 is 0 Å². The number of carboxylic acid groups (broad SMARTS) is 1. The molecular formula is C23H19F3N2O4. The number of aromatic nitrogens is 1. The molecule has 1 heterocycles. The number of rotatable bonds is 6. The standard InChI is InChI=1S/C23H19F3N2O4/c1-27(18-10-9-17-11-12-28(15-22(30)31)20(17)14-18)21(29)8-3-2-5-16-6-4-7-19(13-16)32-23(24,25)26/h4,6-7,9-14H,3,8,15H2,1H3,(H,30,31). The summed E-state index contributed by atoms with van der Waals surface area (Å²) < 4.78 is 42.3. The van der Waals surface area contributed by atoms with Crippen LogP contribution in [0.3, 0.4) is 0 Å². The molecule has 0 unspecified atom stereocenters. The minimum atomic E-state index is -4.78. The number of halogens is 3. The van der Waals surface area contributed by atoms with E-state index in [4.69, 9.17) is 5.11 Å². The lowest BCUT2D eigenvalue weighted by atomic mass is 10.2. The van der Waals surface area contributed by atoms with E-state index < -0.39 is 12.3 Å². The molecule has 0 radical (unpaired) electrons. The molecule has 6 nitrogen and oxygen atoms in total. The first-order valence-corrected chi connectivity index (χ1v) is 9.54. The van der Waals surface area contributed by atoms with Crippen molar-refractivity contribution in [3.8, 4) is 17.6 Å². The Morgan fingerprint density at radius 1 is 1.16 bits per heavy atom. The number of carboxylic acids is 1. The average Bonchev–Trinajstić information content (AvgIpc) is 3.11. The van der Waals surface area contributed by atoms with Gasteiger partial charge < -0.3 is 19.3 Å². The van der Waals surface area contributed by atoms with Crippen LogP contribution in [0.5, 0.6) is 5.75 Å². The summed E-state index contributed by atoms with van der Waals surface area (Å²) in [4.78, 5) is 25.0. The van der Waals surface area contributed by atoms with E-state index in [1.165, 1.54) is 23.1 Å². The number of nitrogens with zero attached hydrogens (tertiary/aromatic N) is 2. The molecule has 1 amide bonds. The van der Waals surface area contributed by atoms with Crippen LogP contribution in [0.2, 0.25) is 0 Å². The highest BCUT2D eigenvalue weighted by Crippen LogP contribution is 2.24. The van der Waals surface area contributed by atoms with Gasteiger partial charge in [-0.1, -0.05) is 24.0 Å². The topological polar surface area (TPSA) is 71.8 Å². The second kappa shape index (κ2) is 9.47. The second-order valence-electron chi connectivity index (χ2n) is 6.91. The van der Waals surface area contributed by atoms with Crippen molar-refractivity contribution in [2.75, 3.05) is 11.9 Å². The Hall–Kier alpha value is -3.93. The predicted octanol–water partition coefficient (Wildman–Crippen LogP) is 4.42. The van der Waals surface area contributed by atoms with E-state index in [0.29, 0.717) is 16.8 Å². The molecule has 0 aliphatic heterocycles. The summed E-state index contributed by atoms with van der Waals surface area (Å²) in [7, 11) is 1.61. The van der Waals surface area contributed by atoms with Gasteiger partial charge in [0.05, 0.1) is 5.52 Å². The van der Waals surface area contributed by atoms with Crippen molar-refractivity contribution < 1.29 is 32.6 Å². The van der Waals surface area contributed by atoms with Gasteiger partial charge in [0.1, 0.15) is 12.3 Å². The number of anilines is 1. The van der Waals surface area contributed by atoms with Crippen LogP contribution < -0.4 is 9.64 Å². The number of hydrogen-bond donors (Lipinski definition) is 1. The molecule has 9 heteroatoms. The molecule has 3 aromatic rings. The molecule has 0 atom stereocenters. The molecule has 1 aromatic heterocycles. The van der Waals surface area contributed by atoms with Gasteiger partial charge in [-0.25, -0.2) is 0 Å². The molecule has 2 aromatic carbocycles. The molecule has 0 saturated carbocycles. The fourth-order valence-corrected chi connectivity index (χ4v) is 3.08. The van der Waals surface area contributed by atoms with Gasteiger partial charge in [-0.2, -0.15) is 0 Å². The maximum absolute atomic E-state index is 12.5. The van der Waals surface area contributed by atoms with E-state index in [-0.39, 0.29) is 31.0 Å². The SMILES string of the molecule is CN(C(=O)CCC#Cc1cccc(OC(F)(F)F)c1)c1ccc2ccn(CC(=O)O)c2c1.